The molecule has 114 valence electrons. The summed E-state index contributed by atoms with van der Waals surface area (Å²) < 4.78 is 0. The number of likely N-dealkylation sites (tertiary alicyclic amines) is 1. The van der Waals surface area contributed by atoms with Gasteiger partial charge in [-0.1, -0.05) is 20.8 Å². The molecule has 0 bridgehead atoms. The van der Waals surface area contributed by atoms with Crippen LogP contribution in [0.2, 0.25) is 0 Å². The number of carboxylic acids is 1. The van der Waals surface area contributed by atoms with Crippen LogP contribution in [0, 0.1) is 5.41 Å². The normalized spacial score (nSPS) is 18.9. The second kappa shape index (κ2) is 6.72. The molecule has 0 aliphatic carbocycles. The third-order valence-electron chi connectivity index (χ3n) is 3.41. The first-order chi connectivity index (χ1) is 9.21. The summed E-state index contributed by atoms with van der Waals surface area (Å²) >= 11 is 0. The highest BCUT2D eigenvalue weighted by molar-refractivity contribution is 5.82. The van der Waals surface area contributed by atoms with Gasteiger partial charge in [0, 0.05) is 31.0 Å². The maximum atomic E-state index is 12.1. The molecule has 0 aromatic heterocycles. The molecule has 6 heteroatoms. The molecule has 1 aliphatic rings. The van der Waals surface area contributed by atoms with Crippen LogP contribution >= 0.6 is 0 Å². The van der Waals surface area contributed by atoms with Crippen LogP contribution in [0.3, 0.4) is 0 Å². The highest BCUT2D eigenvalue weighted by Crippen LogP contribution is 2.21. The summed E-state index contributed by atoms with van der Waals surface area (Å²) in [5.74, 6) is -1.05. The van der Waals surface area contributed by atoms with E-state index in [4.69, 9.17) is 5.11 Å². The van der Waals surface area contributed by atoms with Crippen LogP contribution in [0.1, 0.15) is 46.5 Å². The van der Waals surface area contributed by atoms with E-state index in [-0.39, 0.29) is 30.7 Å². The number of aliphatic carboxylic acids is 1. The third-order valence-corrected chi connectivity index (χ3v) is 3.41. The van der Waals surface area contributed by atoms with Gasteiger partial charge in [-0.25, -0.2) is 0 Å². The first-order valence-electron chi connectivity index (χ1n) is 7.01. The SMILES string of the molecule is CC(C)(C)C(=O)NCCC(=O)N1CCCC1CC(=O)O. The van der Waals surface area contributed by atoms with E-state index >= 15 is 0 Å². The predicted octanol–water partition coefficient (Wildman–Crippen LogP) is 1.00. The molecule has 1 saturated heterocycles. The van der Waals surface area contributed by atoms with Crippen molar-refractivity contribution >= 4 is 17.8 Å². The van der Waals surface area contributed by atoms with Crippen LogP contribution in [0.4, 0.5) is 0 Å². The second-order valence-electron chi connectivity index (χ2n) is 6.24. The van der Waals surface area contributed by atoms with Crippen LogP contribution in [-0.2, 0) is 14.4 Å². The van der Waals surface area contributed by atoms with E-state index in [1.165, 1.54) is 0 Å². The zero-order valence-electron chi connectivity index (χ0n) is 12.4. The van der Waals surface area contributed by atoms with Crippen molar-refractivity contribution in [3.8, 4) is 0 Å². The fraction of sp³-hybridized carbons (Fsp3) is 0.786. The molecular weight excluding hydrogens is 260 g/mol. The molecule has 2 amide bonds. The monoisotopic (exact) mass is 284 g/mol. The lowest BCUT2D eigenvalue weighted by molar-refractivity contribution is -0.139. The minimum atomic E-state index is -0.879. The van der Waals surface area contributed by atoms with Crippen molar-refractivity contribution in [3.63, 3.8) is 0 Å². The van der Waals surface area contributed by atoms with Crippen LogP contribution in [-0.4, -0.2) is 46.9 Å². The Morgan fingerprint density at radius 2 is 1.95 bits per heavy atom. The summed E-state index contributed by atoms with van der Waals surface area (Å²) in [5, 5.41) is 11.5. The van der Waals surface area contributed by atoms with Gasteiger partial charge in [-0.15, -0.1) is 0 Å². The quantitative estimate of drug-likeness (QED) is 0.788. The zero-order valence-corrected chi connectivity index (χ0v) is 12.4. The summed E-state index contributed by atoms with van der Waals surface area (Å²) in [6, 6.07) is -0.196. The topological polar surface area (TPSA) is 86.7 Å². The van der Waals surface area contributed by atoms with Crippen molar-refractivity contribution in [3.05, 3.63) is 0 Å². The Kier molecular flexibility index (Phi) is 5.53. The maximum Gasteiger partial charge on any atom is 0.305 e. The van der Waals surface area contributed by atoms with E-state index in [0.717, 1.165) is 12.8 Å². The molecule has 0 aromatic carbocycles. The lowest BCUT2D eigenvalue weighted by atomic mass is 9.96. The van der Waals surface area contributed by atoms with Gasteiger partial charge in [0.15, 0.2) is 0 Å². The standard InChI is InChI=1S/C14H24N2O4/c1-14(2,3)13(20)15-7-6-11(17)16-8-4-5-10(16)9-12(18)19/h10H,4-9H2,1-3H3,(H,15,20)(H,18,19). The van der Waals surface area contributed by atoms with Crippen LogP contribution in [0.25, 0.3) is 0 Å². The van der Waals surface area contributed by atoms with E-state index in [9.17, 15) is 14.4 Å². The number of hydrogen-bond acceptors (Lipinski definition) is 3. The van der Waals surface area contributed by atoms with Gasteiger partial charge in [0.05, 0.1) is 6.42 Å². The number of carboxylic acid groups (broad SMARTS) is 1. The first-order valence-corrected chi connectivity index (χ1v) is 7.01. The minimum absolute atomic E-state index is 0.0000895. The van der Waals surface area contributed by atoms with Gasteiger partial charge < -0.3 is 15.3 Å². The fourth-order valence-corrected chi connectivity index (χ4v) is 2.27. The van der Waals surface area contributed by atoms with Crippen molar-refractivity contribution in [2.45, 2.75) is 52.5 Å². The van der Waals surface area contributed by atoms with E-state index in [1.54, 1.807) is 4.90 Å². The Balaban J connectivity index is 2.39. The Morgan fingerprint density at radius 3 is 2.50 bits per heavy atom. The molecule has 1 unspecified atom stereocenters. The Labute approximate surface area is 119 Å². The molecule has 0 saturated carbocycles. The molecule has 1 atom stereocenters. The van der Waals surface area contributed by atoms with Crippen molar-refractivity contribution in [2.24, 2.45) is 5.41 Å². The lowest BCUT2D eigenvalue weighted by Crippen LogP contribution is -2.40. The number of carbonyl (C=O) groups excluding carboxylic acids is 2. The molecule has 6 nitrogen and oxygen atoms in total. The fourth-order valence-electron chi connectivity index (χ4n) is 2.27. The van der Waals surface area contributed by atoms with Gasteiger partial charge in [0.2, 0.25) is 11.8 Å². The lowest BCUT2D eigenvalue weighted by Gasteiger charge is -2.24. The molecule has 1 aliphatic heterocycles. The van der Waals surface area contributed by atoms with Gasteiger partial charge in [0.25, 0.3) is 0 Å². The summed E-state index contributed by atoms with van der Waals surface area (Å²) in [5.41, 5.74) is -0.470. The van der Waals surface area contributed by atoms with Gasteiger partial charge in [-0.2, -0.15) is 0 Å². The number of nitrogens with zero attached hydrogens (tertiary/aromatic N) is 1. The highest BCUT2D eigenvalue weighted by atomic mass is 16.4. The van der Waals surface area contributed by atoms with Crippen LogP contribution < -0.4 is 5.32 Å². The second-order valence-corrected chi connectivity index (χ2v) is 6.24. The molecule has 1 rings (SSSR count). The summed E-state index contributed by atoms with van der Waals surface area (Å²) in [7, 11) is 0. The largest absolute Gasteiger partial charge is 0.481 e. The molecule has 0 aromatic rings. The molecule has 1 fully saturated rings. The number of hydrogen-bond donors (Lipinski definition) is 2. The van der Waals surface area contributed by atoms with Gasteiger partial charge in [0.1, 0.15) is 0 Å². The molecule has 2 N–H and O–H groups in total. The van der Waals surface area contributed by atoms with Crippen LogP contribution in [0.5, 0.6) is 0 Å². The average molecular weight is 284 g/mol. The van der Waals surface area contributed by atoms with Crippen molar-refractivity contribution < 1.29 is 19.5 Å². The third kappa shape index (κ3) is 4.83. The number of rotatable bonds is 5. The van der Waals surface area contributed by atoms with Gasteiger partial charge in [-0.05, 0) is 12.8 Å². The molecular formula is C14H24N2O4. The zero-order chi connectivity index (χ0) is 15.3. The Bertz CT molecular complexity index is 387. The molecule has 0 spiro atoms. The average Bonchev–Trinajstić information content (AvgIpc) is 2.74. The number of nitrogens with one attached hydrogen (secondary N) is 1. The minimum Gasteiger partial charge on any atom is -0.481 e. The Hall–Kier alpha value is -1.59. The van der Waals surface area contributed by atoms with E-state index in [1.807, 2.05) is 20.8 Å². The summed E-state index contributed by atoms with van der Waals surface area (Å²) in [6.45, 7) is 6.35. The summed E-state index contributed by atoms with van der Waals surface area (Å²) in [6.07, 6.45) is 1.81. The van der Waals surface area contributed by atoms with Gasteiger partial charge in [-0.3, -0.25) is 14.4 Å². The van der Waals surface area contributed by atoms with Crippen molar-refractivity contribution in [1.82, 2.24) is 10.2 Å². The smallest absolute Gasteiger partial charge is 0.305 e. The highest BCUT2D eigenvalue weighted by Gasteiger charge is 2.30. The van der Waals surface area contributed by atoms with Crippen LogP contribution in [0.15, 0.2) is 0 Å². The molecule has 0 radical (unpaired) electrons. The van der Waals surface area contributed by atoms with Crippen molar-refractivity contribution in [2.75, 3.05) is 13.1 Å². The van der Waals surface area contributed by atoms with E-state index in [0.29, 0.717) is 13.1 Å². The van der Waals surface area contributed by atoms with E-state index in [2.05, 4.69) is 5.32 Å². The number of amides is 2. The van der Waals surface area contributed by atoms with Crippen molar-refractivity contribution in [1.29, 1.82) is 0 Å². The number of carbonyl (C=O) groups is 3. The molecule has 20 heavy (non-hydrogen) atoms. The predicted molar refractivity (Wildman–Crippen MR) is 74.1 cm³/mol. The van der Waals surface area contributed by atoms with Gasteiger partial charge >= 0.3 is 5.97 Å². The van der Waals surface area contributed by atoms with E-state index < -0.39 is 11.4 Å². The first kappa shape index (κ1) is 16.5. The summed E-state index contributed by atoms with van der Waals surface area (Å²) in [4.78, 5) is 36.1. The molecule has 1 heterocycles. The Morgan fingerprint density at radius 1 is 1.30 bits per heavy atom. The maximum absolute atomic E-state index is 12.1.